The van der Waals surface area contributed by atoms with Crippen LogP contribution in [0.1, 0.15) is 181 Å². The Hall–Kier alpha value is -5.60. The van der Waals surface area contributed by atoms with Crippen molar-refractivity contribution in [3.05, 3.63) is 167 Å². The highest BCUT2D eigenvalue weighted by atomic mass is 15.2. The van der Waals surface area contributed by atoms with Gasteiger partial charge in [-0.2, -0.15) is 0 Å². The first-order valence-electron chi connectivity index (χ1n) is 27.3. The van der Waals surface area contributed by atoms with Gasteiger partial charge < -0.3 is 9.80 Å². The molecule has 0 fully saturated rings. The zero-order valence-corrected chi connectivity index (χ0v) is 51.4. The van der Waals surface area contributed by atoms with Gasteiger partial charge in [-0.3, -0.25) is 0 Å². The molecule has 0 radical (unpaired) electrons. The molecule has 8 rings (SSSR count). The Bertz CT molecular complexity index is 3390. The third-order valence-electron chi connectivity index (χ3n) is 21.1. The summed E-state index contributed by atoms with van der Waals surface area (Å²) in [7, 11) is 0. The lowest BCUT2D eigenvalue weighted by molar-refractivity contribution is 0.651. The van der Waals surface area contributed by atoms with Gasteiger partial charge in [0.15, 0.2) is 0 Å². The summed E-state index contributed by atoms with van der Waals surface area (Å²) in [5.74, 6) is 0. The van der Waals surface area contributed by atoms with Crippen LogP contribution in [-0.2, 0) is 5.41 Å². The van der Waals surface area contributed by atoms with Crippen LogP contribution in [0, 0.1) is 194 Å². The predicted octanol–water partition coefficient (Wildman–Crippen LogP) is 20.7. The molecule has 0 aliphatic heterocycles. The highest BCUT2D eigenvalue weighted by Gasteiger charge is 2.45. The maximum Gasteiger partial charge on any atom is 0.0576 e. The van der Waals surface area contributed by atoms with Gasteiger partial charge in [-0.15, -0.1) is 0 Å². The van der Waals surface area contributed by atoms with Crippen molar-refractivity contribution in [1.82, 2.24) is 0 Å². The minimum absolute atomic E-state index is 0.357. The fraction of sp³-hybridized carbons (Fsp3) is 0.437. The predicted molar refractivity (Wildman–Crippen MR) is 324 cm³/mol. The highest BCUT2D eigenvalue weighted by Crippen LogP contribution is 2.63. The number of hydrogen-bond donors (Lipinski definition) is 0. The number of anilines is 6. The lowest BCUT2D eigenvalue weighted by Crippen LogP contribution is -2.25. The van der Waals surface area contributed by atoms with Crippen molar-refractivity contribution >= 4 is 44.9 Å². The minimum Gasteiger partial charge on any atom is -0.309 e. The lowest BCUT2D eigenvalue weighted by Gasteiger charge is -2.39. The van der Waals surface area contributed by atoms with Crippen molar-refractivity contribution in [2.24, 2.45) is 0 Å². The summed E-state index contributed by atoms with van der Waals surface area (Å²) in [4.78, 5) is 5.55. The molecule has 73 heavy (non-hydrogen) atoms. The molecule has 1 aliphatic rings. The van der Waals surface area contributed by atoms with E-state index in [9.17, 15) is 0 Å². The van der Waals surface area contributed by atoms with Crippen LogP contribution in [-0.4, -0.2) is 0 Å². The second kappa shape index (κ2) is 17.8. The topological polar surface area (TPSA) is 6.48 Å². The summed E-state index contributed by atoms with van der Waals surface area (Å²) in [6.07, 6.45) is 0. The number of nitrogens with zero attached hydrogens (tertiary/aromatic N) is 2. The number of benzene rings is 7. The van der Waals surface area contributed by atoms with Crippen LogP contribution in [0.25, 0.3) is 21.9 Å². The second-order valence-corrected chi connectivity index (χ2v) is 24.1. The van der Waals surface area contributed by atoms with Crippen molar-refractivity contribution in [3.63, 3.8) is 0 Å². The molecular formula is C71H90N2. The van der Waals surface area contributed by atoms with Crippen molar-refractivity contribution in [1.29, 1.82) is 0 Å². The van der Waals surface area contributed by atoms with Crippen LogP contribution in [0.4, 0.5) is 34.1 Å². The van der Waals surface area contributed by atoms with Gasteiger partial charge in [0.05, 0.1) is 34.1 Å². The normalized spacial score (nSPS) is 12.9. The Morgan fingerprint density at radius 2 is 0.370 bits per heavy atom. The van der Waals surface area contributed by atoms with E-state index in [-0.39, 0.29) is 5.41 Å². The van der Waals surface area contributed by atoms with E-state index in [0.717, 1.165) is 0 Å². The van der Waals surface area contributed by atoms with Crippen molar-refractivity contribution in [2.45, 2.75) is 213 Å². The maximum absolute atomic E-state index is 2.80. The van der Waals surface area contributed by atoms with E-state index in [1.165, 1.54) is 223 Å². The van der Waals surface area contributed by atoms with E-state index in [0.29, 0.717) is 0 Å². The van der Waals surface area contributed by atoms with Gasteiger partial charge >= 0.3 is 0 Å². The van der Waals surface area contributed by atoms with E-state index in [1.54, 1.807) is 0 Å². The SMILES string of the molecule is Cc1c(C)c(C)c(N(c2c(C)c(C)c(C)c(C)c2C)c2c(C)c(C)c3c(c2C)C(C)(C)c2c(C)c(N(c4c(C)c(C)c(C)c(C)c4C)c4c(C)c(C)c(C)c(C)c4C)c4c(C)c(C)c(C)c(C)c4c2-3)c(C)c1C. The average molecular weight is 972 g/mol. The number of aryl methyl sites for hydroxylation is 2. The Morgan fingerprint density at radius 1 is 0.178 bits per heavy atom. The molecule has 0 saturated carbocycles. The molecule has 0 aromatic heterocycles. The molecule has 0 spiro atoms. The molecule has 0 bridgehead atoms. The van der Waals surface area contributed by atoms with Gasteiger partial charge in [0.2, 0.25) is 0 Å². The third kappa shape index (κ3) is 7.00. The summed E-state index contributed by atoms with van der Waals surface area (Å²) in [5.41, 5.74) is 51.9. The summed E-state index contributed by atoms with van der Waals surface area (Å²) in [5, 5.41) is 2.80. The van der Waals surface area contributed by atoms with E-state index in [4.69, 9.17) is 0 Å². The van der Waals surface area contributed by atoms with Gasteiger partial charge in [0.25, 0.3) is 0 Å². The van der Waals surface area contributed by atoms with Gasteiger partial charge in [-0.25, -0.2) is 0 Å². The quantitative estimate of drug-likeness (QED) is 0.164. The largest absolute Gasteiger partial charge is 0.309 e. The van der Waals surface area contributed by atoms with Crippen LogP contribution >= 0.6 is 0 Å². The lowest BCUT2D eigenvalue weighted by atomic mass is 9.75. The second-order valence-electron chi connectivity index (χ2n) is 24.1. The first kappa shape index (κ1) is 53.7. The number of hydrogen-bond acceptors (Lipinski definition) is 2. The van der Waals surface area contributed by atoms with Crippen LogP contribution < -0.4 is 9.80 Å². The fourth-order valence-electron chi connectivity index (χ4n) is 14.5. The number of rotatable bonds is 6. The highest BCUT2D eigenvalue weighted by molar-refractivity contribution is 6.16. The van der Waals surface area contributed by atoms with Crippen LogP contribution in [0.5, 0.6) is 0 Å². The summed E-state index contributed by atoms with van der Waals surface area (Å²) >= 11 is 0. The molecule has 7 aromatic rings. The molecule has 384 valence electrons. The Kier molecular flexibility index (Phi) is 13.1. The minimum atomic E-state index is -0.357. The molecule has 0 atom stereocenters. The fourth-order valence-corrected chi connectivity index (χ4v) is 14.5. The van der Waals surface area contributed by atoms with E-state index in [2.05, 4.69) is 218 Å². The summed E-state index contributed by atoms with van der Waals surface area (Å²) in [6.45, 7) is 71.6. The van der Waals surface area contributed by atoms with Gasteiger partial charge in [-0.1, -0.05) is 13.8 Å². The third-order valence-corrected chi connectivity index (χ3v) is 21.1. The molecule has 2 nitrogen and oxygen atoms in total. The van der Waals surface area contributed by atoms with Crippen LogP contribution in [0.2, 0.25) is 0 Å². The Labute approximate surface area is 443 Å². The maximum atomic E-state index is 2.80. The van der Waals surface area contributed by atoms with Crippen LogP contribution in [0.3, 0.4) is 0 Å². The molecule has 0 heterocycles. The van der Waals surface area contributed by atoms with Gasteiger partial charge in [0, 0.05) is 10.8 Å². The molecule has 2 heteroatoms. The summed E-state index contributed by atoms with van der Waals surface area (Å²) < 4.78 is 0. The molecule has 0 amide bonds. The Morgan fingerprint density at radius 3 is 0.671 bits per heavy atom. The summed E-state index contributed by atoms with van der Waals surface area (Å²) in [6, 6.07) is 0. The zero-order valence-electron chi connectivity index (χ0n) is 51.4. The average Bonchev–Trinajstić information content (AvgIpc) is 3.60. The molecule has 0 N–H and O–H groups in total. The smallest absolute Gasteiger partial charge is 0.0576 e. The van der Waals surface area contributed by atoms with Crippen molar-refractivity contribution < 1.29 is 0 Å². The van der Waals surface area contributed by atoms with E-state index in [1.807, 2.05) is 0 Å². The van der Waals surface area contributed by atoms with Gasteiger partial charge in [0.1, 0.15) is 0 Å². The van der Waals surface area contributed by atoms with Crippen molar-refractivity contribution in [2.75, 3.05) is 9.80 Å². The van der Waals surface area contributed by atoms with E-state index >= 15 is 0 Å². The van der Waals surface area contributed by atoms with Crippen molar-refractivity contribution in [3.8, 4) is 11.1 Å². The van der Waals surface area contributed by atoms with Gasteiger partial charge in [-0.05, 0) is 377 Å². The number of fused-ring (bicyclic) bond motifs is 5. The Balaban J connectivity index is 1.64. The molecule has 1 aliphatic carbocycles. The molecule has 0 unspecified atom stereocenters. The molecular weight excluding hydrogens is 881 g/mol. The first-order valence-corrected chi connectivity index (χ1v) is 27.3. The first-order chi connectivity index (χ1) is 33.7. The monoisotopic (exact) mass is 971 g/mol. The standard InChI is InChI=1S/C71H90N2/c1-31-37(7)48(18)65(49(19)38(31)8)72(66-50(20)39(9)32(2)40(10)51(66)21)69-56(26)47(17)60-62-59-45(15)35(5)36(6)46(16)61(59)70(58(28)64(62)71(29,30)63(60)57(69)27)73(67-52(22)41(11)33(3)42(12)53(67)23)68-54(24)43(13)34(4)44(14)55(68)25/h1-30H3. The molecule has 0 saturated heterocycles. The van der Waals surface area contributed by atoms with E-state index < -0.39 is 0 Å². The zero-order chi connectivity index (χ0) is 54.7. The molecule has 7 aromatic carbocycles. The van der Waals surface area contributed by atoms with Crippen LogP contribution in [0.15, 0.2) is 0 Å².